The van der Waals surface area contributed by atoms with Crippen molar-refractivity contribution in [3.05, 3.63) is 69.2 Å². The van der Waals surface area contributed by atoms with Crippen LogP contribution >= 0.6 is 15.9 Å². The van der Waals surface area contributed by atoms with Crippen LogP contribution in [0.5, 0.6) is 0 Å². The van der Waals surface area contributed by atoms with Gasteiger partial charge in [0.05, 0.1) is 6.21 Å². The molecule has 0 saturated carbocycles. The average molecular weight is 331 g/mol. The van der Waals surface area contributed by atoms with Crippen LogP contribution in [0.4, 0.5) is 0 Å². The van der Waals surface area contributed by atoms with Gasteiger partial charge in [0.25, 0.3) is 5.91 Å². The summed E-state index contributed by atoms with van der Waals surface area (Å²) in [6.07, 6.45) is 1.68. The molecule has 0 fully saturated rings. The number of rotatable bonds is 3. The van der Waals surface area contributed by atoms with E-state index in [9.17, 15) is 4.79 Å². The Morgan fingerprint density at radius 3 is 2.45 bits per heavy atom. The van der Waals surface area contributed by atoms with Gasteiger partial charge in [-0.1, -0.05) is 40.2 Å². The van der Waals surface area contributed by atoms with E-state index in [0.717, 1.165) is 21.2 Å². The van der Waals surface area contributed by atoms with E-state index in [-0.39, 0.29) is 5.91 Å². The van der Waals surface area contributed by atoms with E-state index in [0.29, 0.717) is 5.56 Å². The van der Waals surface area contributed by atoms with Crippen LogP contribution in [0.2, 0.25) is 0 Å². The highest BCUT2D eigenvalue weighted by atomic mass is 79.9. The van der Waals surface area contributed by atoms with E-state index in [1.807, 2.05) is 44.2 Å². The van der Waals surface area contributed by atoms with Gasteiger partial charge in [0.15, 0.2) is 0 Å². The normalized spacial score (nSPS) is 10.8. The van der Waals surface area contributed by atoms with E-state index in [4.69, 9.17) is 0 Å². The molecule has 0 heterocycles. The summed E-state index contributed by atoms with van der Waals surface area (Å²) in [5.74, 6) is -0.228. The summed E-state index contributed by atoms with van der Waals surface area (Å²) in [6.45, 7) is 4.04. The van der Waals surface area contributed by atoms with Crippen LogP contribution in [0.15, 0.2) is 52.0 Å². The van der Waals surface area contributed by atoms with Crippen LogP contribution in [0.1, 0.15) is 27.0 Å². The Kier molecular flexibility index (Phi) is 4.69. The fourth-order valence-corrected chi connectivity index (χ4v) is 2.28. The molecule has 3 nitrogen and oxygen atoms in total. The summed E-state index contributed by atoms with van der Waals surface area (Å²) in [5, 5.41) is 4.03. The van der Waals surface area contributed by atoms with E-state index in [2.05, 4.69) is 26.5 Å². The number of carbonyl (C=O) groups is 1. The molecule has 1 amide bonds. The summed E-state index contributed by atoms with van der Waals surface area (Å²) < 4.78 is 0.865. The Balaban J connectivity index is 2.09. The number of carbonyl (C=O) groups excluding carboxylic acids is 1. The number of nitrogens with one attached hydrogen (secondary N) is 1. The molecule has 0 saturated heterocycles. The first-order valence-corrected chi connectivity index (χ1v) is 7.02. The standard InChI is InChI=1S/C16H15BrN2O/c1-11-5-3-6-12(2)15(11)10-18-19-16(20)13-7-4-8-14(17)9-13/h3-10H,1-2H3,(H,19,20). The van der Waals surface area contributed by atoms with Gasteiger partial charge in [-0.3, -0.25) is 4.79 Å². The lowest BCUT2D eigenvalue weighted by atomic mass is 10.0. The molecule has 0 unspecified atom stereocenters. The van der Waals surface area contributed by atoms with Gasteiger partial charge in [-0.2, -0.15) is 5.10 Å². The van der Waals surface area contributed by atoms with Crippen molar-refractivity contribution in [2.45, 2.75) is 13.8 Å². The third-order valence-electron chi connectivity index (χ3n) is 2.99. The van der Waals surface area contributed by atoms with Crippen molar-refractivity contribution in [3.63, 3.8) is 0 Å². The third-order valence-corrected chi connectivity index (χ3v) is 3.48. The lowest BCUT2D eigenvalue weighted by molar-refractivity contribution is 0.0955. The van der Waals surface area contributed by atoms with Crippen LogP contribution in [0, 0.1) is 13.8 Å². The zero-order valence-electron chi connectivity index (χ0n) is 11.4. The monoisotopic (exact) mass is 330 g/mol. The predicted octanol–water partition coefficient (Wildman–Crippen LogP) is 3.83. The minimum atomic E-state index is -0.228. The summed E-state index contributed by atoms with van der Waals surface area (Å²) >= 11 is 3.34. The van der Waals surface area contributed by atoms with Gasteiger partial charge < -0.3 is 0 Å². The lowest BCUT2D eigenvalue weighted by Crippen LogP contribution is -2.17. The van der Waals surface area contributed by atoms with Crippen LogP contribution in [-0.2, 0) is 0 Å². The maximum atomic E-state index is 11.9. The molecule has 0 aliphatic rings. The van der Waals surface area contributed by atoms with Crippen molar-refractivity contribution < 1.29 is 4.79 Å². The Hall–Kier alpha value is -1.94. The summed E-state index contributed by atoms with van der Waals surface area (Å²) in [4.78, 5) is 11.9. The largest absolute Gasteiger partial charge is 0.271 e. The molecule has 2 aromatic rings. The molecule has 1 N–H and O–H groups in total. The van der Waals surface area contributed by atoms with E-state index in [1.165, 1.54) is 0 Å². The number of hydrogen-bond donors (Lipinski definition) is 1. The highest BCUT2D eigenvalue weighted by molar-refractivity contribution is 9.10. The van der Waals surface area contributed by atoms with Crippen molar-refractivity contribution in [1.82, 2.24) is 5.43 Å². The third kappa shape index (κ3) is 3.54. The number of amides is 1. The van der Waals surface area contributed by atoms with E-state index < -0.39 is 0 Å². The highest BCUT2D eigenvalue weighted by Crippen LogP contribution is 2.12. The van der Waals surface area contributed by atoms with Crippen LogP contribution < -0.4 is 5.43 Å². The van der Waals surface area contributed by atoms with Gasteiger partial charge in [0.1, 0.15) is 0 Å². The second kappa shape index (κ2) is 6.48. The molecule has 0 bridgehead atoms. The van der Waals surface area contributed by atoms with Crippen molar-refractivity contribution in [3.8, 4) is 0 Å². The van der Waals surface area contributed by atoms with E-state index in [1.54, 1.807) is 18.3 Å². The minimum absolute atomic E-state index is 0.228. The maximum absolute atomic E-state index is 11.9. The molecule has 0 aliphatic carbocycles. The van der Waals surface area contributed by atoms with Gasteiger partial charge in [-0.05, 0) is 43.2 Å². The van der Waals surface area contributed by atoms with Gasteiger partial charge in [0.2, 0.25) is 0 Å². The zero-order valence-corrected chi connectivity index (χ0v) is 12.9. The molecule has 0 radical (unpaired) electrons. The molecule has 2 aromatic carbocycles. The zero-order chi connectivity index (χ0) is 14.5. The first-order valence-electron chi connectivity index (χ1n) is 6.23. The smallest absolute Gasteiger partial charge is 0.267 e. The SMILES string of the molecule is Cc1cccc(C)c1C=NNC(=O)c1cccc(Br)c1. The predicted molar refractivity (Wildman–Crippen MR) is 85.1 cm³/mol. The van der Waals surface area contributed by atoms with Crippen LogP contribution in [-0.4, -0.2) is 12.1 Å². The lowest BCUT2D eigenvalue weighted by Gasteiger charge is -2.04. The average Bonchev–Trinajstić information content (AvgIpc) is 2.42. The molecule has 0 aromatic heterocycles. The highest BCUT2D eigenvalue weighted by Gasteiger charge is 2.04. The van der Waals surface area contributed by atoms with Crippen molar-refractivity contribution in [1.29, 1.82) is 0 Å². The molecule has 4 heteroatoms. The quantitative estimate of drug-likeness (QED) is 0.674. The number of hydrazone groups is 1. The summed E-state index contributed by atoms with van der Waals surface area (Å²) in [5.41, 5.74) is 6.40. The van der Waals surface area contributed by atoms with Gasteiger partial charge in [0, 0.05) is 15.6 Å². The molecule has 0 aliphatic heterocycles. The summed E-state index contributed by atoms with van der Waals surface area (Å²) in [7, 11) is 0. The minimum Gasteiger partial charge on any atom is -0.267 e. The molecule has 0 spiro atoms. The number of aryl methyl sites for hydroxylation is 2. The second-order valence-electron chi connectivity index (χ2n) is 4.51. The van der Waals surface area contributed by atoms with Crippen LogP contribution in [0.25, 0.3) is 0 Å². The summed E-state index contributed by atoms with van der Waals surface area (Å²) in [6, 6.07) is 13.2. The first-order chi connectivity index (χ1) is 9.58. The first kappa shape index (κ1) is 14.5. The van der Waals surface area contributed by atoms with Crippen molar-refractivity contribution in [2.75, 3.05) is 0 Å². The fraction of sp³-hybridized carbons (Fsp3) is 0.125. The van der Waals surface area contributed by atoms with Gasteiger partial charge in [-0.15, -0.1) is 0 Å². The number of halogens is 1. The van der Waals surface area contributed by atoms with Gasteiger partial charge >= 0.3 is 0 Å². The maximum Gasteiger partial charge on any atom is 0.271 e. The topological polar surface area (TPSA) is 41.5 Å². The Bertz CT molecular complexity index is 645. The molecule has 2 rings (SSSR count). The number of benzene rings is 2. The van der Waals surface area contributed by atoms with Crippen molar-refractivity contribution >= 4 is 28.1 Å². The second-order valence-corrected chi connectivity index (χ2v) is 5.43. The molecule has 20 heavy (non-hydrogen) atoms. The van der Waals surface area contributed by atoms with Crippen molar-refractivity contribution in [2.24, 2.45) is 5.10 Å². The molecule has 0 atom stereocenters. The Morgan fingerprint density at radius 2 is 1.80 bits per heavy atom. The Labute approximate surface area is 126 Å². The molecular weight excluding hydrogens is 316 g/mol. The van der Waals surface area contributed by atoms with Crippen LogP contribution in [0.3, 0.4) is 0 Å². The van der Waals surface area contributed by atoms with Gasteiger partial charge in [-0.25, -0.2) is 5.43 Å². The molecule has 102 valence electrons. The number of hydrogen-bond acceptors (Lipinski definition) is 2. The number of nitrogens with zero attached hydrogens (tertiary/aromatic N) is 1. The van der Waals surface area contributed by atoms with E-state index >= 15 is 0 Å². The Morgan fingerprint density at radius 1 is 1.15 bits per heavy atom. The molecular formula is C16H15BrN2O. The fourth-order valence-electron chi connectivity index (χ4n) is 1.88.